The Morgan fingerprint density at radius 3 is 2.05 bits per heavy atom. The third kappa shape index (κ3) is 12.7. The van der Waals surface area contributed by atoms with Crippen molar-refractivity contribution in [2.45, 2.75) is 62.9 Å². The van der Waals surface area contributed by atoms with E-state index in [1.165, 1.54) is 30.8 Å². The maximum atomic E-state index is 13.2. The van der Waals surface area contributed by atoms with Crippen molar-refractivity contribution in [1.29, 1.82) is 0 Å². The predicted octanol–water partition coefficient (Wildman–Crippen LogP) is -2.01. The van der Waals surface area contributed by atoms with Crippen molar-refractivity contribution in [3.8, 4) is 5.75 Å². The summed E-state index contributed by atoms with van der Waals surface area (Å²) in [4.78, 5) is 54.4. The van der Waals surface area contributed by atoms with Gasteiger partial charge in [-0.2, -0.15) is 11.8 Å². The lowest BCUT2D eigenvalue weighted by atomic mass is 10.0. The van der Waals surface area contributed by atoms with Gasteiger partial charge >= 0.3 is 5.97 Å². The van der Waals surface area contributed by atoms with Gasteiger partial charge in [-0.1, -0.05) is 12.1 Å². The summed E-state index contributed by atoms with van der Waals surface area (Å²) in [5.74, 6) is -3.11. The number of phenols is 1. The number of nitrogens with two attached hydrogens (primary N) is 3. The third-order valence-corrected chi connectivity index (χ3v) is 6.28. The number of thioether (sulfide) groups is 1. The van der Waals surface area contributed by atoms with E-state index in [1.54, 1.807) is 12.1 Å². The smallest absolute Gasteiger partial charge is 0.326 e. The van der Waals surface area contributed by atoms with E-state index in [0.29, 0.717) is 11.3 Å². The molecule has 0 heterocycles. The van der Waals surface area contributed by atoms with E-state index in [9.17, 15) is 34.5 Å². The molecule has 0 aliphatic carbocycles. The number of rotatable bonds is 17. The van der Waals surface area contributed by atoms with Crippen molar-refractivity contribution in [3.63, 3.8) is 0 Å². The molecule has 39 heavy (non-hydrogen) atoms. The van der Waals surface area contributed by atoms with Gasteiger partial charge in [-0.15, -0.1) is 0 Å². The fraction of sp³-hybridized carbons (Fsp3) is 0.542. The zero-order chi connectivity index (χ0) is 29.5. The highest BCUT2D eigenvalue weighted by atomic mass is 32.2. The number of amides is 3. The van der Waals surface area contributed by atoms with Gasteiger partial charge in [0, 0.05) is 13.0 Å². The largest absolute Gasteiger partial charge is 0.508 e. The molecule has 14 nitrogen and oxygen atoms in total. The van der Waals surface area contributed by atoms with Gasteiger partial charge in [0.15, 0.2) is 5.96 Å². The van der Waals surface area contributed by atoms with Crippen LogP contribution in [-0.2, 0) is 25.6 Å². The van der Waals surface area contributed by atoms with E-state index in [-0.39, 0.29) is 43.9 Å². The average Bonchev–Trinajstić information content (AvgIpc) is 2.87. The summed E-state index contributed by atoms with van der Waals surface area (Å²) < 4.78 is 0. The number of nitrogens with one attached hydrogen (secondary N) is 3. The molecule has 3 amide bonds. The first-order chi connectivity index (χ1) is 18.3. The summed E-state index contributed by atoms with van der Waals surface area (Å²) in [7, 11) is 0. The minimum atomic E-state index is -1.28. The van der Waals surface area contributed by atoms with Gasteiger partial charge in [-0.05, 0) is 55.9 Å². The number of carboxylic acids is 1. The number of aliphatic hydroxyl groups excluding tert-OH is 1. The molecule has 0 aromatic heterocycles. The number of guanidine groups is 1. The van der Waals surface area contributed by atoms with Crippen LogP contribution >= 0.6 is 11.8 Å². The first-order valence-electron chi connectivity index (χ1n) is 12.3. The molecular formula is C24H39N7O7S. The van der Waals surface area contributed by atoms with Crippen molar-refractivity contribution < 1.29 is 34.5 Å². The lowest BCUT2D eigenvalue weighted by molar-refractivity contribution is -0.142. The number of aliphatic imine (C=N–C) groups is 1. The molecule has 12 N–H and O–H groups in total. The van der Waals surface area contributed by atoms with Gasteiger partial charge in [0.05, 0.1) is 6.10 Å². The van der Waals surface area contributed by atoms with E-state index < -0.39 is 54.0 Å². The molecule has 1 rings (SSSR count). The standard InChI is InChI=1S/C24H39N7O7S/c1-13(32)19(25)22(36)29-16(9-11-39-2)20(34)31-18(12-14-5-7-15(33)8-6-14)21(35)30-17(23(37)38)4-3-10-28-24(26)27/h5-8,13,16-19,32-33H,3-4,9-12,25H2,1-2H3,(H,29,36)(H,30,35)(H,31,34)(H,37,38)(H4,26,27,28). The Labute approximate surface area is 231 Å². The molecule has 15 heteroatoms. The second kappa shape index (κ2) is 17.1. The van der Waals surface area contributed by atoms with Gasteiger partial charge in [0.1, 0.15) is 29.9 Å². The second-order valence-corrected chi connectivity index (χ2v) is 9.87. The molecule has 0 fully saturated rings. The van der Waals surface area contributed by atoms with Gasteiger partial charge < -0.3 is 48.5 Å². The molecule has 0 spiro atoms. The van der Waals surface area contributed by atoms with Gasteiger partial charge in [0.2, 0.25) is 17.7 Å². The number of aromatic hydroxyl groups is 1. The van der Waals surface area contributed by atoms with Crippen LogP contribution in [0.3, 0.4) is 0 Å². The van der Waals surface area contributed by atoms with Crippen LogP contribution in [0.1, 0.15) is 31.7 Å². The van der Waals surface area contributed by atoms with E-state index in [4.69, 9.17) is 17.2 Å². The van der Waals surface area contributed by atoms with Crippen LogP contribution in [0.5, 0.6) is 5.75 Å². The molecule has 0 saturated carbocycles. The van der Waals surface area contributed by atoms with Crippen LogP contribution in [0.25, 0.3) is 0 Å². The minimum Gasteiger partial charge on any atom is -0.508 e. The van der Waals surface area contributed by atoms with Crippen LogP contribution in [0.4, 0.5) is 0 Å². The van der Waals surface area contributed by atoms with E-state index >= 15 is 0 Å². The number of benzene rings is 1. The van der Waals surface area contributed by atoms with Crippen LogP contribution in [-0.4, -0.2) is 93.8 Å². The highest BCUT2D eigenvalue weighted by Crippen LogP contribution is 2.12. The molecule has 0 radical (unpaired) electrons. The quantitative estimate of drug-likeness (QED) is 0.0562. The second-order valence-electron chi connectivity index (χ2n) is 8.89. The lowest BCUT2D eigenvalue weighted by Gasteiger charge is -2.25. The van der Waals surface area contributed by atoms with Gasteiger partial charge in [0.25, 0.3) is 0 Å². The first kappa shape index (κ1) is 33.5. The molecule has 0 saturated heterocycles. The highest BCUT2D eigenvalue weighted by molar-refractivity contribution is 7.98. The molecule has 5 unspecified atom stereocenters. The number of carbonyl (C=O) groups excluding carboxylic acids is 3. The highest BCUT2D eigenvalue weighted by Gasteiger charge is 2.31. The van der Waals surface area contributed by atoms with Gasteiger partial charge in [-0.3, -0.25) is 19.4 Å². The maximum Gasteiger partial charge on any atom is 0.326 e. The van der Waals surface area contributed by atoms with E-state index in [1.807, 2.05) is 6.26 Å². The molecule has 1 aromatic carbocycles. The number of hydrogen-bond acceptors (Lipinski definition) is 9. The zero-order valence-electron chi connectivity index (χ0n) is 22.0. The minimum absolute atomic E-state index is 0.00444. The lowest BCUT2D eigenvalue weighted by Crippen LogP contribution is -2.58. The molecule has 0 aliphatic rings. The number of carbonyl (C=O) groups is 4. The van der Waals surface area contributed by atoms with Crippen molar-refractivity contribution in [2.24, 2.45) is 22.2 Å². The number of phenolic OH excluding ortho intramolecular Hbond substituents is 1. The Balaban J connectivity index is 3.12. The van der Waals surface area contributed by atoms with Crippen molar-refractivity contribution >= 4 is 41.4 Å². The predicted molar refractivity (Wildman–Crippen MR) is 148 cm³/mol. The first-order valence-corrected chi connectivity index (χ1v) is 13.6. The molecule has 5 atom stereocenters. The molecule has 1 aromatic rings. The van der Waals surface area contributed by atoms with Crippen LogP contribution < -0.4 is 33.2 Å². The average molecular weight is 570 g/mol. The number of hydrogen-bond donors (Lipinski definition) is 9. The summed E-state index contributed by atoms with van der Waals surface area (Å²) in [5, 5.41) is 36.3. The van der Waals surface area contributed by atoms with Crippen molar-refractivity contribution in [2.75, 3.05) is 18.6 Å². The van der Waals surface area contributed by atoms with Crippen LogP contribution in [0, 0.1) is 0 Å². The summed E-state index contributed by atoms with van der Waals surface area (Å²) in [6.07, 6.45) is 1.15. The van der Waals surface area contributed by atoms with Gasteiger partial charge in [-0.25, -0.2) is 4.79 Å². The Kier molecular flexibility index (Phi) is 14.7. The summed E-state index contributed by atoms with van der Waals surface area (Å²) >= 11 is 1.44. The van der Waals surface area contributed by atoms with Crippen molar-refractivity contribution in [3.05, 3.63) is 29.8 Å². The normalized spacial score (nSPS) is 14.7. The van der Waals surface area contributed by atoms with E-state index in [0.717, 1.165) is 0 Å². The fourth-order valence-corrected chi connectivity index (χ4v) is 3.85. The van der Waals surface area contributed by atoms with E-state index in [2.05, 4.69) is 20.9 Å². The molecule has 0 aliphatic heterocycles. The SMILES string of the molecule is CSCCC(NC(=O)C(N)C(C)O)C(=O)NC(Cc1ccc(O)cc1)C(=O)NC(CCCN=C(N)N)C(=O)O. The molecular weight excluding hydrogens is 530 g/mol. The topological polar surface area (TPSA) is 255 Å². The Morgan fingerprint density at radius 2 is 1.51 bits per heavy atom. The maximum absolute atomic E-state index is 13.2. The number of aliphatic hydroxyl groups is 1. The van der Waals surface area contributed by atoms with Crippen molar-refractivity contribution in [1.82, 2.24) is 16.0 Å². The Hall–Kier alpha value is -3.56. The monoisotopic (exact) mass is 569 g/mol. The Bertz CT molecular complexity index is 988. The zero-order valence-corrected chi connectivity index (χ0v) is 22.8. The number of carboxylic acid groups (broad SMARTS) is 1. The summed E-state index contributed by atoms with van der Waals surface area (Å²) in [6, 6.07) is 1.10. The summed E-state index contributed by atoms with van der Waals surface area (Å²) in [5.41, 5.74) is 16.8. The number of nitrogens with zero attached hydrogens (tertiary/aromatic N) is 1. The molecule has 218 valence electrons. The molecule has 0 bridgehead atoms. The van der Waals surface area contributed by atoms with Crippen LogP contribution in [0.15, 0.2) is 29.3 Å². The number of aliphatic carboxylic acids is 1. The summed E-state index contributed by atoms with van der Waals surface area (Å²) in [6.45, 7) is 1.51. The Morgan fingerprint density at radius 1 is 0.949 bits per heavy atom. The third-order valence-electron chi connectivity index (χ3n) is 5.64. The van der Waals surface area contributed by atoms with Crippen LogP contribution in [0.2, 0.25) is 0 Å². The fourth-order valence-electron chi connectivity index (χ4n) is 3.37.